The number of fused-ring (bicyclic) bond motifs is 1. The Labute approximate surface area is 156 Å². The van der Waals surface area contributed by atoms with Crippen LogP contribution in [-0.2, 0) is 15.8 Å². The standard InChI is InChI=1S/C19H14F4N2O3/c20-14-4-2-1-3-12(14)18-13-9-11(19(21,22)23)5-6-15(13)25(8-7-17(27)28)16(26)10-24-18/h1-6,9H,7-8,10H2,(H,27,28). The van der Waals surface area contributed by atoms with Gasteiger partial charge in [0.25, 0.3) is 0 Å². The molecule has 1 aliphatic rings. The molecule has 5 nitrogen and oxygen atoms in total. The van der Waals surface area contributed by atoms with Gasteiger partial charge in [-0.05, 0) is 30.3 Å². The second-order valence-corrected chi connectivity index (χ2v) is 6.06. The van der Waals surface area contributed by atoms with E-state index in [1.165, 1.54) is 18.2 Å². The van der Waals surface area contributed by atoms with Crippen molar-refractivity contribution < 1.29 is 32.3 Å². The van der Waals surface area contributed by atoms with Gasteiger partial charge in [0.05, 0.1) is 23.4 Å². The summed E-state index contributed by atoms with van der Waals surface area (Å²) in [5.41, 5.74) is -1.15. The average Bonchev–Trinajstić information content (AvgIpc) is 2.75. The largest absolute Gasteiger partial charge is 0.481 e. The van der Waals surface area contributed by atoms with Crippen LogP contribution in [0.4, 0.5) is 23.2 Å². The fourth-order valence-corrected chi connectivity index (χ4v) is 2.93. The van der Waals surface area contributed by atoms with Gasteiger partial charge in [0.2, 0.25) is 5.91 Å². The number of hydrogen-bond acceptors (Lipinski definition) is 3. The zero-order chi connectivity index (χ0) is 20.5. The highest BCUT2D eigenvalue weighted by Gasteiger charge is 2.34. The van der Waals surface area contributed by atoms with E-state index in [9.17, 15) is 27.2 Å². The summed E-state index contributed by atoms with van der Waals surface area (Å²) in [6, 6.07) is 8.10. The molecule has 0 atom stereocenters. The van der Waals surface area contributed by atoms with Crippen molar-refractivity contribution in [2.75, 3.05) is 18.0 Å². The highest BCUT2D eigenvalue weighted by atomic mass is 19.4. The van der Waals surface area contributed by atoms with Crippen LogP contribution < -0.4 is 4.90 Å². The number of benzodiazepines with no additional fused rings is 1. The van der Waals surface area contributed by atoms with E-state index in [0.717, 1.165) is 29.2 Å². The number of hydrogen-bond donors (Lipinski definition) is 1. The molecular weight excluding hydrogens is 380 g/mol. The van der Waals surface area contributed by atoms with Gasteiger partial charge >= 0.3 is 12.1 Å². The van der Waals surface area contributed by atoms with Crippen molar-refractivity contribution in [3.63, 3.8) is 0 Å². The molecule has 3 rings (SSSR count). The summed E-state index contributed by atoms with van der Waals surface area (Å²) in [4.78, 5) is 28.5. The minimum atomic E-state index is -4.66. The highest BCUT2D eigenvalue weighted by molar-refractivity contribution is 6.19. The molecule has 0 fully saturated rings. The van der Waals surface area contributed by atoms with Gasteiger partial charge in [0, 0.05) is 17.7 Å². The number of rotatable bonds is 4. The molecular formula is C19H14F4N2O3. The van der Waals surface area contributed by atoms with Gasteiger partial charge in [-0.25, -0.2) is 4.39 Å². The molecule has 1 aliphatic heterocycles. The molecule has 1 amide bonds. The number of alkyl halides is 3. The number of anilines is 1. The third kappa shape index (κ3) is 3.88. The first-order valence-electron chi connectivity index (χ1n) is 8.21. The predicted molar refractivity (Wildman–Crippen MR) is 93.0 cm³/mol. The number of carboxylic acid groups (broad SMARTS) is 1. The lowest BCUT2D eigenvalue weighted by molar-refractivity contribution is -0.138. The van der Waals surface area contributed by atoms with Gasteiger partial charge in [0.1, 0.15) is 12.4 Å². The van der Waals surface area contributed by atoms with E-state index < -0.39 is 42.4 Å². The molecule has 1 heterocycles. The zero-order valence-electron chi connectivity index (χ0n) is 14.3. The molecule has 0 bridgehead atoms. The van der Waals surface area contributed by atoms with Crippen LogP contribution in [0.25, 0.3) is 0 Å². The van der Waals surface area contributed by atoms with Gasteiger partial charge in [-0.2, -0.15) is 13.2 Å². The van der Waals surface area contributed by atoms with E-state index in [2.05, 4.69) is 4.99 Å². The molecule has 0 saturated heterocycles. The number of aliphatic carboxylic acids is 1. The lowest BCUT2D eigenvalue weighted by Crippen LogP contribution is -2.34. The molecule has 0 spiro atoms. The van der Waals surface area contributed by atoms with Crippen molar-refractivity contribution in [2.24, 2.45) is 4.99 Å². The molecule has 0 saturated carbocycles. The Kier molecular flexibility index (Phi) is 5.17. The quantitative estimate of drug-likeness (QED) is 0.807. The van der Waals surface area contributed by atoms with E-state index in [0.29, 0.717) is 0 Å². The minimum Gasteiger partial charge on any atom is -0.481 e. The smallest absolute Gasteiger partial charge is 0.416 e. The van der Waals surface area contributed by atoms with Crippen molar-refractivity contribution in [1.29, 1.82) is 0 Å². The Bertz CT molecular complexity index is 970. The Morgan fingerprint density at radius 2 is 1.86 bits per heavy atom. The van der Waals surface area contributed by atoms with E-state index >= 15 is 0 Å². The Hall–Kier alpha value is -3.23. The highest BCUT2D eigenvalue weighted by Crippen LogP contribution is 2.35. The number of aliphatic imine (C=N–C) groups is 1. The third-order valence-corrected chi connectivity index (χ3v) is 4.22. The minimum absolute atomic E-state index is 0.0454. The van der Waals surface area contributed by atoms with Crippen LogP contribution in [0.1, 0.15) is 23.1 Å². The zero-order valence-corrected chi connectivity index (χ0v) is 14.3. The number of carbonyl (C=O) groups is 2. The van der Waals surface area contributed by atoms with Crippen molar-refractivity contribution in [2.45, 2.75) is 12.6 Å². The summed E-state index contributed by atoms with van der Waals surface area (Å²) >= 11 is 0. The number of carboxylic acids is 1. The topological polar surface area (TPSA) is 70.0 Å². The van der Waals surface area contributed by atoms with Crippen LogP contribution in [0.3, 0.4) is 0 Å². The lowest BCUT2D eigenvalue weighted by atomic mass is 9.97. The summed E-state index contributed by atoms with van der Waals surface area (Å²) in [5, 5.41) is 8.90. The van der Waals surface area contributed by atoms with Gasteiger partial charge in [0.15, 0.2) is 0 Å². The number of nitrogens with zero attached hydrogens (tertiary/aromatic N) is 2. The van der Waals surface area contributed by atoms with E-state index in [-0.39, 0.29) is 29.1 Å². The van der Waals surface area contributed by atoms with Crippen LogP contribution in [-0.4, -0.2) is 35.8 Å². The third-order valence-electron chi connectivity index (χ3n) is 4.22. The number of carbonyl (C=O) groups excluding carboxylic acids is 1. The predicted octanol–water partition coefficient (Wildman–Crippen LogP) is 3.50. The first kappa shape index (κ1) is 19.5. The summed E-state index contributed by atoms with van der Waals surface area (Å²) < 4.78 is 54.0. The molecule has 0 unspecified atom stereocenters. The molecule has 0 radical (unpaired) electrons. The number of amides is 1. The van der Waals surface area contributed by atoms with Crippen LogP contribution >= 0.6 is 0 Å². The second-order valence-electron chi connectivity index (χ2n) is 6.06. The summed E-state index contributed by atoms with van der Waals surface area (Å²) in [6.45, 7) is -0.689. The van der Waals surface area contributed by atoms with Crippen molar-refractivity contribution in [1.82, 2.24) is 0 Å². The Morgan fingerprint density at radius 1 is 1.14 bits per heavy atom. The molecule has 2 aromatic carbocycles. The average molecular weight is 394 g/mol. The second kappa shape index (κ2) is 7.41. The number of benzene rings is 2. The fourth-order valence-electron chi connectivity index (χ4n) is 2.93. The molecule has 9 heteroatoms. The van der Waals surface area contributed by atoms with Crippen LogP contribution in [0, 0.1) is 5.82 Å². The summed E-state index contributed by atoms with van der Waals surface area (Å²) in [7, 11) is 0. The normalized spacial score (nSPS) is 14.4. The first-order chi connectivity index (χ1) is 13.2. The van der Waals surface area contributed by atoms with Gasteiger partial charge in [-0.15, -0.1) is 0 Å². The molecule has 0 aromatic heterocycles. The molecule has 1 N–H and O–H groups in total. The van der Waals surface area contributed by atoms with Crippen molar-refractivity contribution in [3.05, 3.63) is 65.0 Å². The van der Waals surface area contributed by atoms with Crippen LogP contribution in [0.5, 0.6) is 0 Å². The maximum Gasteiger partial charge on any atom is 0.416 e. The SMILES string of the molecule is O=C(O)CCN1C(=O)CN=C(c2ccccc2F)c2cc(C(F)(F)F)ccc21. The maximum atomic E-state index is 14.3. The Morgan fingerprint density at radius 3 is 2.50 bits per heavy atom. The van der Waals surface area contributed by atoms with Crippen LogP contribution in [0.2, 0.25) is 0 Å². The maximum absolute atomic E-state index is 14.3. The molecule has 28 heavy (non-hydrogen) atoms. The van der Waals surface area contributed by atoms with Gasteiger partial charge in [-0.3, -0.25) is 14.6 Å². The molecule has 146 valence electrons. The van der Waals surface area contributed by atoms with Gasteiger partial charge in [-0.1, -0.05) is 12.1 Å². The van der Waals surface area contributed by atoms with E-state index in [4.69, 9.17) is 5.11 Å². The first-order valence-corrected chi connectivity index (χ1v) is 8.21. The van der Waals surface area contributed by atoms with E-state index in [1.54, 1.807) is 0 Å². The summed E-state index contributed by atoms with van der Waals surface area (Å²) in [5.74, 6) is -2.45. The van der Waals surface area contributed by atoms with E-state index in [1.807, 2.05) is 0 Å². The number of halogens is 4. The van der Waals surface area contributed by atoms with Crippen molar-refractivity contribution >= 4 is 23.3 Å². The Balaban J connectivity index is 2.20. The summed E-state index contributed by atoms with van der Waals surface area (Å²) in [6.07, 6.45) is -5.06. The molecule has 2 aromatic rings. The monoisotopic (exact) mass is 394 g/mol. The lowest BCUT2D eigenvalue weighted by Gasteiger charge is -2.23. The molecule has 0 aliphatic carbocycles. The van der Waals surface area contributed by atoms with Crippen molar-refractivity contribution in [3.8, 4) is 0 Å². The fraction of sp³-hybridized carbons (Fsp3) is 0.211. The van der Waals surface area contributed by atoms with Gasteiger partial charge < -0.3 is 10.0 Å². The van der Waals surface area contributed by atoms with Crippen LogP contribution in [0.15, 0.2) is 47.5 Å².